The summed E-state index contributed by atoms with van der Waals surface area (Å²) in [7, 11) is 2.07. The van der Waals surface area contributed by atoms with E-state index in [1.165, 1.54) is 18.3 Å². The molecule has 2 N–H and O–H groups in total. The predicted molar refractivity (Wildman–Crippen MR) is 132 cm³/mol. The molecule has 1 aliphatic rings. The van der Waals surface area contributed by atoms with Crippen molar-refractivity contribution in [3.63, 3.8) is 0 Å². The average Bonchev–Trinajstić information content (AvgIpc) is 2.80. The number of amides is 1. The van der Waals surface area contributed by atoms with Gasteiger partial charge in [-0.2, -0.15) is 4.98 Å². The molecular formula is C24H26ClFN6O2. The highest BCUT2D eigenvalue weighted by atomic mass is 35.5. The fourth-order valence-corrected chi connectivity index (χ4v) is 4.07. The van der Waals surface area contributed by atoms with Gasteiger partial charge >= 0.3 is 6.09 Å². The van der Waals surface area contributed by atoms with Crippen LogP contribution >= 0.6 is 11.6 Å². The molecule has 0 radical (unpaired) electrons. The molecule has 0 aliphatic carbocycles. The van der Waals surface area contributed by atoms with E-state index in [1.807, 2.05) is 4.90 Å². The molecule has 1 amide bonds. The molecule has 1 unspecified atom stereocenters. The molecule has 4 rings (SSSR count). The number of halogens is 2. The molecule has 8 nitrogen and oxygen atoms in total. The van der Waals surface area contributed by atoms with Gasteiger partial charge in [0.1, 0.15) is 11.6 Å². The Labute approximate surface area is 202 Å². The molecule has 1 fully saturated rings. The van der Waals surface area contributed by atoms with Crippen LogP contribution in [0.3, 0.4) is 0 Å². The molecule has 2 heterocycles. The van der Waals surface area contributed by atoms with Gasteiger partial charge in [-0.25, -0.2) is 14.2 Å². The van der Waals surface area contributed by atoms with Crippen molar-refractivity contribution < 1.29 is 14.3 Å². The van der Waals surface area contributed by atoms with Crippen LogP contribution in [0.4, 0.5) is 32.3 Å². The van der Waals surface area contributed by atoms with Crippen LogP contribution in [-0.4, -0.2) is 58.8 Å². The number of carbonyl (C=O) groups is 1. The summed E-state index contributed by atoms with van der Waals surface area (Å²) in [6, 6.07) is 13.7. The Morgan fingerprint density at radius 2 is 2.09 bits per heavy atom. The molecule has 10 heteroatoms. The number of aromatic nitrogens is 2. The monoisotopic (exact) mass is 484 g/mol. The van der Waals surface area contributed by atoms with Crippen molar-refractivity contribution in [1.29, 1.82) is 0 Å². The molecule has 3 aromatic rings. The fraction of sp³-hybridized carbons (Fsp3) is 0.292. The Hall–Kier alpha value is -3.43. The minimum Gasteiger partial charge on any atom is -0.465 e. The van der Waals surface area contributed by atoms with Gasteiger partial charge in [-0.1, -0.05) is 23.7 Å². The number of benzene rings is 2. The third kappa shape index (κ3) is 5.55. The number of piperazine rings is 1. The first-order valence-electron chi connectivity index (χ1n) is 10.9. The second-order valence-corrected chi connectivity index (χ2v) is 8.74. The van der Waals surface area contributed by atoms with Crippen molar-refractivity contribution in [3.8, 4) is 0 Å². The molecule has 0 bridgehead atoms. The standard InChI is InChI=1S/C24H26ClFN6O2/c1-16-14-31(11-10-30(16)2)21-7-6-19(13-20(21)26)28-23-27-9-8-22(29-23)32(24(33)34)15-17-4-3-5-18(25)12-17/h3-9,12-13,16H,10-11,14-15H2,1-2H3,(H,33,34)(H,27,28,29). The van der Waals surface area contributed by atoms with E-state index in [2.05, 4.69) is 34.2 Å². The molecule has 1 aliphatic heterocycles. The number of nitrogens with zero attached hydrogens (tertiary/aromatic N) is 5. The summed E-state index contributed by atoms with van der Waals surface area (Å²) in [5, 5.41) is 13.2. The fourth-order valence-electron chi connectivity index (χ4n) is 3.86. The summed E-state index contributed by atoms with van der Waals surface area (Å²) < 4.78 is 14.9. The maximum absolute atomic E-state index is 14.9. The lowest BCUT2D eigenvalue weighted by atomic mass is 10.1. The van der Waals surface area contributed by atoms with Crippen molar-refractivity contribution in [2.24, 2.45) is 0 Å². The maximum atomic E-state index is 14.9. The zero-order valence-electron chi connectivity index (χ0n) is 18.9. The molecule has 34 heavy (non-hydrogen) atoms. The van der Waals surface area contributed by atoms with E-state index >= 15 is 0 Å². The lowest BCUT2D eigenvalue weighted by Crippen LogP contribution is -2.50. The van der Waals surface area contributed by atoms with Gasteiger partial charge < -0.3 is 20.2 Å². The van der Waals surface area contributed by atoms with Crippen LogP contribution in [0.25, 0.3) is 0 Å². The number of carboxylic acid groups (broad SMARTS) is 1. The van der Waals surface area contributed by atoms with E-state index in [0.717, 1.165) is 30.1 Å². The summed E-state index contributed by atoms with van der Waals surface area (Å²) >= 11 is 6.02. The number of anilines is 4. The van der Waals surface area contributed by atoms with Crippen LogP contribution in [0.15, 0.2) is 54.7 Å². The largest absolute Gasteiger partial charge is 0.465 e. The number of rotatable bonds is 6. The van der Waals surface area contributed by atoms with Crippen LogP contribution in [0.5, 0.6) is 0 Å². The van der Waals surface area contributed by atoms with E-state index in [-0.39, 0.29) is 24.1 Å². The second kappa shape index (κ2) is 10.2. The smallest absolute Gasteiger partial charge is 0.413 e. The highest BCUT2D eigenvalue weighted by Crippen LogP contribution is 2.27. The van der Waals surface area contributed by atoms with E-state index in [0.29, 0.717) is 22.4 Å². The summed E-state index contributed by atoms with van der Waals surface area (Å²) in [6.45, 7) is 4.57. The van der Waals surface area contributed by atoms with Crippen molar-refractivity contribution in [1.82, 2.24) is 14.9 Å². The van der Waals surface area contributed by atoms with Crippen molar-refractivity contribution in [2.45, 2.75) is 19.5 Å². The van der Waals surface area contributed by atoms with E-state index < -0.39 is 6.09 Å². The van der Waals surface area contributed by atoms with Gasteiger partial charge in [0, 0.05) is 42.6 Å². The minimum absolute atomic E-state index is 0.0686. The third-order valence-electron chi connectivity index (χ3n) is 5.88. The lowest BCUT2D eigenvalue weighted by Gasteiger charge is -2.39. The van der Waals surface area contributed by atoms with Gasteiger partial charge in [0.15, 0.2) is 0 Å². The minimum atomic E-state index is -1.17. The zero-order valence-corrected chi connectivity index (χ0v) is 19.7. The summed E-state index contributed by atoms with van der Waals surface area (Å²) in [5.41, 5.74) is 1.75. The van der Waals surface area contributed by atoms with Gasteiger partial charge in [0.2, 0.25) is 5.95 Å². The number of likely N-dealkylation sites (N-methyl/N-ethyl adjacent to an activating group) is 1. The van der Waals surface area contributed by atoms with Crippen molar-refractivity contribution in [2.75, 3.05) is 41.8 Å². The van der Waals surface area contributed by atoms with E-state index in [9.17, 15) is 14.3 Å². The quantitative estimate of drug-likeness (QED) is 0.518. The van der Waals surface area contributed by atoms with Crippen LogP contribution in [0.1, 0.15) is 12.5 Å². The van der Waals surface area contributed by atoms with Crippen LogP contribution < -0.4 is 15.1 Å². The van der Waals surface area contributed by atoms with Gasteiger partial charge in [-0.3, -0.25) is 4.90 Å². The molecule has 1 saturated heterocycles. The zero-order chi connectivity index (χ0) is 24.2. The Kier molecular flexibility index (Phi) is 7.14. The highest BCUT2D eigenvalue weighted by molar-refractivity contribution is 6.30. The van der Waals surface area contributed by atoms with Crippen molar-refractivity contribution in [3.05, 3.63) is 71.1 Å². The normalized spacial score (nSPS) is 16.4. The first-order valence-corrected chi connectivity index (χ1v) is 11.3. The number of hydrogen-bond acceptors (Lipinski definition) is 6. The number of nitrogens with one attached hydrogen (secondary N) is 1. The Balaban J connectivity index is 1.50. The Bertz CT molecular complexity index is 1180. The van der Waals surface area contributed by atoms with Gasteiger partial charge in [-0.05, 0) is 55.9 Å². The van der Waals surface area contributed by atoms with E-state index in [4.69, 9.17) is 11.6 Å². The molecule has 1 atom stereocenters. The summed E-state index contributed by atoms with van der Waals surface area (Å²) in [4.78, 5) is 25.8. The first kappa shape index (κ1) is 23.7. The average molecular weight is 485 g/mol. The molecule has 1 aromatic heterocycles. The molecular weight excluding hydrogens is 459 g/mol. The molecule has 2 aromatic carbocycles. The summed E-state index contributed by atoms with van der Waals surface area (Å²) in [5.74, 6) is 0.00901. The van der Waals surface area contributed by atoms with Gasteiger partial charge in [0.05, 0.1) is 12.2 Å². The van der Waals surface area contributed by atoms with Crippen LogP contribution in [0, 0.1) is 5.82 Å². The van der Waals surface area contributed by atoms with Crippen molar-refractivity contribution >= 4 is 40.8 Å². The third-order valence-corrected chi connectivity index (χ3v) is 6.12. The summed E-state index contributed by atoms with van der Waals surface area (Å²) in [6.07, 6.45) is 0.288. The molecule has 0 saturated carbocycles. The molecule has 0 spiro atoms. The van der Waals surface area contributed by atoms with Crippen LogP contribution in [-0.2, 0) is 6.54 Å². The van der Waals surface area contributed by atoms with Crippen LogP contribution in [0.2, 0.25) is 5.02 Å². The topological polar surface area (TPSA) is 84.8 Å². The van der Waals surface area contributed by atoms with Gasteiger partial charge in [0.25, 0.3) is 0 Å². The molecule has 178 valence electrons. The highest BCUT2D eigenvalue weighted by Gasteiger charge is 2.23. The first-order chi connectivity index (χ1) is 16.3. The van der Waals surface area contributed by atoms with Gasteiger partial charge in [-0.15, -0.1) is 0 Å². The predicted octanol–water partition coefficient (Wildman–Crippen LogP) is 4.84. The SMILES string of the molecule is CC1CN(c2ccc(Nc3nccc(N(Cc4cccc(Cl)c4)C(=O)O)n3)cc2F)CCN1C. The lowest BCUT2D eigenvalue weighted by molar-refractivity contribution is 0.201. The maximum Gasteiger partial charge on any atom is 0.413 e. The van der Waals surface area contributed by atoms with E-state index in [1.54, 1.807) is 36.4 Å². The number of hydrogen-bond donors (Lipinski definition) is 2. The Morgan fingerprint density at radius 1 is 1.26 bits per heavy atom. The Morgan fingerprint density at radius 3 is 2.79 bits per heavy atom. The second-order valence-electron chi connectivity index (χ2n) is 8.30.